The van der Waals surface area contributed by atoms with E-state index in [2.05, 4.69) is 0 Å². The van der Waals surface area contributed by atoms with Gasteiger partial charge >= 0.3 is 5.97 Å². The van der Waals surface area contributed by atoms with Crippen LogP contribution in [0.2, 0.25) is 0 Å². The Bertz CT molecular complexity index is 523. The van der Waals surface area contributed by atoms with Crippen LogP contribution in [0.5, 0.6) is 5.75 Å². The highest BCUT2D eigenvalue weighted by atomic mass is 16.5. The van der Waals surface area contributed by atoms with Crippen LogP contribution < -0.4 is 4.74 Å². The van der Waals surface area contributed by atoms with Gasteiger partial charge in [-0.1, -0.05) is 11.6 Å². The van der Waals surface area contributed by atoms with E-state index in [9.17, 15) is 9.59 Å². The second-order valence-electron chi connectivity index (χ2n) is 5.23. The third-order valence-electron chi connectivity index (χ3n) is 3.37. The molecule has 1 saturated carbocycles. The lowest BCUT2D eigenvalue weighted by Gasteiger charge is -2.22. The van der Waals surface area contributed by atoms with E-state index in [-0.39, 0.29) is 12.5 Å². The van der Waals surface area contributed by atoms with Gasteiger partial charge in [-0.2, -0.15) is 0 Å². The maximum Gasteiger partial charge on any atom is 0.323 e. The van der Waals surface area contributed by atoms with Crippen molar-refractivity contribution in [2.24, 2.45) is 5.92 Å². The first-order chi connectivity index (χ1) is 9.51. The number of aliphatic carboxylic acids is 1. The first-order valence-corrected chi connectivity index (χ1v) is 6.67. The highest BCUT2D eigenvalue weighted by molar-refractivity contribution is 5.98. The predicted octanol–water partition coefficient (Wildman–Crippen LogP) is 1.94. The molecule has 0 atom stereocenters. The van der Waals surface area contributed by atoms with E-state index >= 15 is 0 Å². The van der Waals surface area contributed by atoms with Crippen molar-refractivity contribution in [3.05, 3.63) is 29.3 Å². The Labute approximate surface area is 118 Å². The number of rotatable bonds is 6. The van der Waals surface area contributed by atoms with Crippen LogP contribution in [-0.4, -0.2) is 42.1 Å². The van der Waals surface area contributed by atoms with E-state index in [0.29, 0.717) is 23.8 Å². The van der Waals surface area contributed by atoms with Crippen molar-refractivity contribution in [3.8, 4) is 5.75 Å². The zero-order valence-electron chi connectivity index (χ0n) is 11.8. The largest absolute Gasteiger partial charge is 0.496 e. The van der Waals surface area contributed by atoms with E-state index in [1.807, 2.05) is 13.0 Å². The highest BCUT2D eigenvalue weighted by Gasteiger charge is 2.29. The number of hydrogen-bond donors (Lipinski definition) is 1. The Morgan fingerprint density at radius 3 is 2.65 bits per heavy atom. The molecule has 0 aromatic heterocycles. The van der Waals surface area contributed by atoms with Gasteiger partial charge < -0.3 is 14.7 Å². The standard InChI is InChI=1S/C15H19NO4/c1-10-3-6-13(20-2)12(7-10)15(19)16(9-14(17)18)8-11-4-5-11/h3,6-7,11H,4-5,8-9H2,1-2H3,(H,17,18). The van der Waals surface area contributed by atoms with E-state index in [0.717, 1.165) is 18.4 Å². The monoisotopic (exact) mass is 277 g/mol. The number of hydrogen-bond acceptors (Lipinski definition) is 3. The number of nitrogens with zero attached hydrogens (tertiary/aromatic N) is 1. The number of ether oxygens (including phenoxy) is 1. The first-order valence-electron chi connectivity index (χ1n) is 6.67. The van der Waals surface area contributed by atoms with Gasteiger partial charge in [-0.05, 0) is 37.8 Å². The number of carbonyl (C=O) groups is 2. The molecule has 0 radical (unpaired) electrons. The van der Waals surface area contributed by atoms with Crippen LogP contribution in [0.4, 0.5) is 0 Å². The molecule has 5 heteroatoms. The maximum absolute atomic E-state index is 12.6. The quantitative estimate of drug-likeness (QED) is 0.863. The summed E-state index contributed by atoms with van der Waals surface area (Å²) in [5.74, 6) is -0.355. The molecule has 0 aliphatic heterocycles. The highest BCUT2D eigenvalue weighted by Crippen LogP contribution is 2.31. The summed E-state index contributed by atoms with van der Waals surface area (Å²) in [7, 11) is 1.50. The first kappa shape index (κ1) is 14.4. The Morgan fingerprint density at radius 2 is 2.10 bits per heavy atom. The van der Waals surface area contributed by atoms with Gasteiger partial charge in [0.2, 0.25) is 0 Å². The lowest BCUT2D eigenvalue weighted by molar-refractivity contribution is -0.137. The van der Waals surface area contributed by atoms with Gasteiger partial charge in [0.05, 0.1) is 12.7 Å². The summed E-state index contributed by atoms with van der Waals surface area (Å²) in [4.78, 5) is 24.9. The van der Waals surface area contributed by atoms with Crippen LogP contribution >= 0.6 is 0 Å². The van der Waals surface area contributed by atoms with Crippen LogP contribution in [0, 0.1) is 12.8 Å². The van der Waals surface area contributed by atoms with Crippen LogP contribution in [0.1, 0.15) is 28.8 Å². The summed E-state index contributed by atoms with van der Waals surface area (Å²) in [6.07, 6.45) is 2.13. The summed E-state index contributed by atoms with van der Waals surface area (Å²) in [6.45, 7) is 2.12. The molecular formula is C15H19NO4. The van der Waals surface area contributed by atoms with Gasteiger partial charge in [-0.15, -0.1) is 0 Å². The molecule has 1 N–H and O–H groups in total. The van der Waals surface area contributed by atoms with Crippen molar-refractivity contribution in [2.45, 2.75) is 19.8 Å². The van der Waals surface area contributed by atoms with Crippen molar-refractivity contribution in [3.63, 3.8) is 0 Å². The van der Waals surface area contributed by atoms with Crippen LogP contribution in [0.15, 0.2) is 18.2 Å². The Balaban J connectivity index is 2.25. The minimum absolute atomic E-state index is 0.271. The number of benzene rings is 1. The summed E-state index contributed by atoms with van der Waals surface area (Å²) >= 11 is 0. The Hall–Kier alpha value is -2.04. The Morgan fingerprint density at radius 1 is 1.40 bits per heavy atom. The lowest BCUT2D eigenvalue weighted by atomic mass is 10.1. The second kappa shape index (κ2) is 5.94. The molecule has 108 valence electrons. The third kappa shape index (κ3) is 3.50. The molecule has 2 rings (SSSR count). The van der Waals surface area contributed by atoms with Crippen LogP contribution in [0.3, 0.4) is 0 Å². The SMILES string of the molecule is COc1ccc(C)cc1C(=O)N(CC(=O)O)CC1CC1. The number of carboxylic acids is 1. The van der Waals surface area contributed by atoms with Gasteiger partial charge in [0, 0.05) is 6.54 Å². The normalized spacial score (nSPS) is 13.9. The smallest absolute Gasteiger partial charge is 0.323 e. The number of carboxylic acid groups (broad SMARTS) is 1. The molecule has 1 amide bonds. The number of amides is 1. The average molecular weight is 277 g/mol. The molecule has 1 aromatic rings. The number of methoxy groups -OCH3 is 1. The second-order valence-corrected chi connectivity index (χ2v) is 5.23. The summed E-state index contributed by atoms with van der Waals surface area (Å²) < 4.78 is 5.20. The van der Waals surface area contributed by atoms with Crippen LogP contribution in [0.25, 0.3) is 0 Å². The molecule has 1 aromatic carbocycles. The van der Waals surface area contributed by atoms with Gasteiger partial charge in [-0.3, -0.25) is 9.59 Å². The van der Waals surface area contributed by atoms with E-state index in [1.54, 1.807) is 12.1 Å². The Kier molecular flexibility index (Phi) is 4.27. The molecule has 1 aliphatic carbocycles. The van der Waals surface area contributed by atoms with Crippen molar-refractivity contribution >= 4 is 11.9 Å². The third-order valence-corrected chi connectivity index (χ3v) is 3.37. The van der Waals surface area contributed by atoms with Crippen molar-refractivity contribution in [2.75, 3.05) is 20.2 Å². The van der Waals surface area contributed by atoms with Crippen molar-refractivity contribution in [1.82, 2.24) is 4.90 Å². The molecule has 0 unspecified atom stereocenters. The molecule has 0 bridgehead atoms. The predicted molar refractivity (Wildman–Crippen MR) is 74.0 cm³/mol. The average Bonchev–Trinajstić information content (AvgIpc) is 3.20. The molecular weight excluding hydrogens is 258 g/mol. The van der Waals surface area contributed by atoms with Gasteiger partial charge in [-0.25, -0.2) is 0 Å². The van der Waals surface area contributed by atoms with Crippen molar-refractivity contribution < 1.29 is 19.4 Å². The molecule has 1 fully saturated rings. The molecule has 5 nitrogen and oxygen atoms in total. The van der Waals surface area contributed by atoms with Crippen molar-refractivity contribution in [1.29, 1.82) is 0 Å². The zero-order chi connectivity index (χ0) is 14.7. The molecule has 0 saturated heterocycles. The lowest BCUT2D eigenvalue weighted by Crippen LogP contribution is -2.37. The zero-order valence-corrected chi connectivity index (χ0v) is 11.8. The van der Waals surface area contributed by atoms with E-state index < -0.39 is 5.97 Å². The topological polar surface area (TPSA) is 66.8 Å². The number of carbonyl (C=O) groups excluding carboxylic acids is 1. The fourth-order valence-corrected chi connectivity index (χ4v) is 2.15. The fourth-order valence-electron chi connectivity index (χ4n) is 2.15. The van der Waals surface area contributed by atoms with Crippen LogP contribution in [-0.2, 0) is 4.79 Å². The molecule has 1 aliphatic rings. The molecule has 0 spiro atoms. The summed E-state index contributed by atoms with van der Waals surface area (Å²) in [5.41, 5.74) is 1.37. The maximum atomic E-state index is 12.6. The summed E-state index contributed by atoms with van der Waals surface area (Å²) in [5, 5.41) is 8.97. The van der Waals surface area contributed by atoms with Gasteiger partial charge in [0.15, 0.2) is 0 Å². The minimum Gasteiger partial charge on any atom is -0.496 e. The van der Waals surface area contributed by atoms with Gasteiger partial charge in [0.1, 0.15) is 12.3 Å². The number of aryl methyl sites for hydroxylation is 1. The molecule has 0 heterocycles. The van der Waals surface area contributed by atoms with E-state index in [4.69, 9.17) is 9.84 Å². The van der Waals surface area contributed by atoms with E-state index in [1.165, 1.54) is 12.0 Å². The van der Waals surface area contributed by atoms with Gasteiger partial charge in [0.25, 0.3) is 5.91 Å². The fraction of sp³-hybridized carbons (Fsp3) is 0.467. The summed E-state index contributed by atoms with van der Waals surface area (Å²) in [6, 6.07) is 5.33. The molecule has 20 heavy (non-hydrogen) atoms. The minimum atomic E-state index is -0.995.